The largest absolute Gasteiger partial charge is 0.314 e. The van der Waals surface area contributed by atoms with Gasteiger partial charge in [0.05, 0.1) is 0 Å². The summed E-state index contributed by atoms with van der Waals surface area (Å²) in [6.45, 7) is 7.70. The van der Waals surface area contributed by atoms with Crippen molar-refractivity contribution in [1.29, 1.82) is 0 Å². The van der Waals surface area contributed by atoms with Gasteiger partial charge in [0.15, 0.2) is 11.6 Å². The number of nitrogens with one attached hydrogen (secondary N) is 1. The Balaban J connectivity index is 1.97. The highest BCUT2D eigenvalue weighted by atomic mass is 19.2. The number of hydrogen-bond donors (Lipinski definition) is 1. The normalized spacial score (nSPS) is 21.9. The van der Waals surface area contributed by atoms with E-state index < -0.39 is 11.6 Å². The molecule has 0 spiro atoms. The van der Waals surface area contributed by atoms with Crippen LogP contribution in [0.4, 0.5) is 8.78 Å². The molecule has 4 heteroatoms. The van der Waals surface area contributed by atoms with E-state index in [0.717, 1.165) is 26.1 Å². The smallest absolute Gasteiger partial charge is 0.163 e. The van der Waals surface area contributed by atoms with Crippen LogP contribution in [0.5, 0.6) is 0 Å². The number of likely N-dealkylation sites (tertiary alicyclic amines) is 1. The second-order valence-corrected chi connectivity index (χ2v) is 5.70. The van der Waals surface area contributed by atoms with Crippen LogP contribution in [-0.2, 0) is 6.54 Å². The van der Waals surface area contributed by atoms with E-state index in [1.54, 1.807) is 12.1 Å². The fraction of sp³-hybridized carbons (Fsp3) is 0.625. The molecule has 1 heterocycles. The van der Waals surface area contributed by atoms with Crippen molar-refractivity contribution in [3.63, 3.8) is 0 Å². The highest BCUT2D eigenvalue weighted by molar-refractivity contribution is 5.18. The van der Waals surface area contributed by atoms with Crippen LogP contribution in [0.25, 0.3) is 0 Å². The molecular weight excluding hydrogens is 258 g/mol. The fourth-order valence-electron chi connectivity index (χ4n) is 3.04. The van der Waals surface area contributed by atoms with Crippen LogP contribution in [0.3, 0.4) is 0 Å². The molecule has 0 bridgehead atoms. The Hall–Kier alpha value is -1.00. The lowest BCUT2D eigenvalue weighted by Crippen LogP contribution is -2.44. The maximum Gasteiger partial charge on any atom is 0.163 e. The molecule has 2 atom stereocenters. The number of hydrogen-bond acceptors (Lipinski definition) is 2. The van der Waals surface area contributed by atoms with E-state index in [-0.39, 0.29) is 0 Å². The number of nitrogens with zero attached hydrogens (tertiary/aromatic N) is 1. The third-order valence-electron chi connectivity index (χ3n) is 4.20. The Bertz CT molecular complexity index is 436. The predicted octanol–water partition coefficient (Wildman–Crippen LogP) is 3.17. The van der Waals surface area contributed by atoms with Gasteiger partial charge < -0.3 is 5.32 Å². The Morgan fingerprint density at radius 1 is 1.40 bits per heavy atom. The minimum absolute atomic E-state index is 0.460. The Kier molecular flexibility index (Phi) is 5.49. The predicted molar refractivity (Wildman–Crippen MR) is 77.5 cm³/mol. The number of halogens is 2. The Labute approximate surface area is 120 Å². The monoisotopic (exact) mass is 282 g/mol. The van der Waals surface area contributed by atoms with Crippen LogP contribution >= 0.6 is 0 Å². The van der Waals surface area contributed by atoms with Crippen molar-refractivity contribution < 1.29 is 8.78 Å². The summed E-state index contributed by atoms with van der Waals surface area (Å²) >= 11 is 0. The van der Waals surface area contributed by atoms with E-state index in [2.05, 4.69) is 24.1 Å². The number of benzene rings is 1. The van der Waals surface area contributed by atoms with Crippen molar-refractivity contribution in [2.45, 2.75) is 39.3 Å². The molecular formula is C16H24F2N2. The van der Waals surface area contributed by atoms with Crippen LogP contribution in [0.15, 0.2) is 18.2 Å². The van der Waals surface area contributed by atoms with E-state index in [0.29, 0.717) is 24.1 Å². The first-order valence-electron chi connectivity index (χ1n) is 7.50. The van der Waals surface area contributed by atoms with E-state index in [1.165, 1.54) is 12.5 Å². The third-order valence-corrected chi connectivity index (χ3v) is 4.20. The first kappa shape index (κ1) is 15.4. The molecule has 0 aromatic heterocycles. The molecule has 112 valence electrons. The summed E-state index contributed by atoms with van der Waals surface area (Å²) < 4.78 is 27.0. The van der Waals surface area contributed by atoms with Gasteiger partial charge in [-0.1, -0.05) is 19.1 Å². The van der Waals surface area contributed by atoms with Crippen molar-refractivity contribution in [1.82, 2.24) is 10.2 Å². The summed E-state index contributed by atoms with van der Waals surface area (Å²) in [5, 5.41) is 3.46. The number of rotatable bonds is 5. The highest BCUT2D eigenvalue weighted by Gasteiger charge is 2.24. The van der Waals surface area contributed by atoms with Crippen LogP contribution < -0.4 is 5.32 Å². The zero-order valence-electron chi connectivity index (χ0n) is 12.3. The molecule has 1 saturated heterocycles. The standard InChI is InChI=1S/C16H24F2N2/c1-3-19-12(2)13-7-5-9-20(10-13)11-14-6-4-8-15(17)16(14)18/h4,6,8,12-13,19H,3,5,7,9-11H2,1-2H3. The van der Waals surface area contributed by atoms with Gasteiger partial charge in [0, 0.05) is 24.7 Å². The summed E-state index contributed by atoms with van der Waals surface area (Å²) in [6, 6.07) is 4.90. The zero-order chi connectivity index (χ0) is 14.5. The fourth-order valence-corrected chi connectivity index (χ4v) is 3.04. The van der Waals surface area contributed by atoms with Crippen molar-refractivity contribution in [2.75, 3.05) is 19.6 Å². The van der Waals surface area contributed by atoms with Gasteiger partial charge in [-0.3, -0.25) is 4.90 Å². The molecule has 1 aromatic carbocycles. The van der Waals surface area contributed by atoms with E-state index in [1.807, 2.05) is 0 Å². The summed E-state index contributed by atoms with van der Waals surface area (Å²) in [4.78, 5) is 2.24. The molecule has 2 unspecified atom stereocenters. The van der Waals surface area contributed by atoms with Crippen LogP contribution in [-0.4, -0.2) is 30.6 Å². The lowest BCUT2D eigenvalue weighted by atomic mass is 9.91. The van der Waals surface area contributed by atoms with E-state index in [9.17, 15) is 8.78 Å². The SMILES string of the molecule is CCNC(C)C1CCCN(Cc2cccc(F)c2F)C1. The van der Waals surface area contributed by atoms with Crippen LogP contribution in [0.2, 0.25) is 0 Å². The number of piperidine rings is 1. The summed E-state index contributed by atoms with van der Waals surface area (Å²) in [6.07, 6.45) is 2.33. The van der Waals surface area contributed by atoms with E-state index >= 15 is 0 Å². The third kappa shape index (κ3) is 3.76. The first-order chi connectivity index (χ1) is 9.61. The van der Waals surface area contributed by atoms with Crippen molar-refractivity contribution in [3.8, 4) is 0 Å². The van der Waals surface area contributed by atoms with Crippen molar-refractivity contribution >= 4 is 0 Å². The maximum atomic E-state index is 13.7. The molecule has 0 aliphatic carbocycles. The van der Waals surface area contributed by atoms with Crippen LogP contribution in [0, 0.1) is 17.6 Å². The van der Waals surface area contributed by atoms with Crippen molar-refractivity contribution in [3.05, 3.63) is 35.4 Å². The summed E-state index contributed by atoms with van der Waals surface area (Å²) in [5.74, 6) is -0.869. The summed E-state index contributed by atoms with van der Waals surface area (Å²) in [5.41, 5.74) is 0.460. The lowest BCUT2D eigenvalue weighted by Gasteiger charge is -2.36. The second kappa shape index (κ2) is 7.14. The first-order valence-corrected chi connectivity index (χ1v) is 7.50. The zero-order valence-corrected chi connectivity index (χ0v) is 12.3. The molecule has 1 N–H and O–H groups in total. The highest BCUT2D eigenvalue weighted by Crippen LogP contribution is 2.22. The average Bonchev–Trinajstić information content (AvgIpc) is 2.44. The minimum Gasteiger partial charge on any atom is -0.314 e. The topological polar surface area (TPSA) is 15.3 Å². The molecule has 2 nitrogen and oxygen atoms in total. The quantitative estimate of drug-likeness (QED) is 0.892. The van der Waals surface area contributed by atoms with Gasteiger partial charge in [-0.05, 0) is 44.8 Å². The molecule has 1 fully saturated rings. The summed E-state index contributed by atoms with van der Waals surface area (Å²) in [7, 11) is 0. The Morgan fingerprint density at radius 2 is 2.20 bits per heavy atom. The minimum atomic E-state index is -0.753. The molecule has 0 radical (unpaired) electrons. The molecule has 1 aromatic rings. The molecule has 1 aliphatic heterocycles. The van der Waals surface area contributed by atoms with Gasteiger partial charge in [-0.15, -0.1) is 0 Å². The molecule has 0 saturated carbocycles. The van der Waals surface area contributed by atoms with Gasteiger partial charge in [0.25, 0.3) is 0 Å². The second-order valence-electron chi connectivity index (χ2n) is 5.70. The Morgan fingerprint density at radius 3 is 2.95 bits per heavy atom. The van der Waals surface area contributed by atoms with Crippen molar-refractivity contribution in [2.24, 2.45) is 5.92 Å². The van der Waals surface area contributed by atoms with E-state index in [4.69, 9.17) is 0 Å². The molecule has 1 aliphatic rings. The maximum absolute atomic E-state index is 13.7. The van der Waals surface area contributed by atoms with Gasteiger partial charge in [-0.2, -0.15) is 0 Å². The van der Waals surface area contributed by atoms with Gasteiger partial charge >= 0.3 is 0 Å². The molecule has 0 amide bonds. The van der Waals surface area contributed by atoms with Crippen LogP contribution in [0.1, 0.15) is 32.3 Å². The lowest BCUT2D eigenvalue weighted by molar-refractivity contribution is 0.143. The average molecular weight is 282 g/mol. The van der Waals surface area contributed by atoms with Gasteiger partial charge in [-0.25, -0.2) is 8.78 Å². The molecule has 20 heavy (non-hydrogen) atoms. The van der Waals surface area contributed by atoms with Gasteiger partial charge in [0.1, 0.15) is 0 Å². The van der Waals surface area contributed by atoms with Gasteiger partial charge in [0.2, 0.25) is 0 Å². The molecule has 2 rings (SSSR count).